The first-order valence-corrected chi connectivity index (χ1v) is 8.56. The number of carbonyl (C=O) groups is 2. The molecule has 2 aromatic carbocycles. The molecule has 0 fully saturated rings. The molecule has 2 amide bonds. The fourth-order valence-electron chi connectivity index (χ4n) is 1.90. The molecule has 0 radical (unpaired) electrons. The highest BCUT2D eigenvalue weighted by molar-refractivity contribution is 7.80. The van der Waals surface area contributed by atoms with E-state index < -0.39 is 11.8 Å². The molecule has 0 aliphatic heterocycles. The Bertz CT molecular complexity index is 846. The molecular formula is C17H15Cl2N3O3S. The van der Waals surface area contributed by atoms with Crippen molar-refractivity contribution >= 4 is 52.3 Å². The summed E-state index contributed by atoms with van der Waals surface area (Å²) in [5, 5.41) is 2.91. The van der Waals surface area contributed by atoms with E-state index in [1.165, 1.54) is 18.2 Å². The molecule has 0 heterocycles. The Labute approximate surface area is 165 Å². The van der Waals surface area contributed by atoms with Crippen LogP contribution in [0.3, 0.4) is 0 Å². The molecule has 0 aliphatic rings. The lowest BCUT2D eigenvalue weighted by Crippen LogP contribution is -2.49. The number of hydrazine groups is 1. The van der Waals surface area contributed by atoms with Crippen molar-refractivity contribution in [1.82, 2.24) is 16.2 Å². The summed E-state index contributed by atoms with van der Waals surface area (Å²) in [5.74, 6) is -0.424. The van der Waals surface area contributed by atoms with Gasteiger partial charge < -0.3 is 4.74 Å². The minimum absolute atomic E-state index is 0.0821. The van der Waals surface area contributed by atoms with Crippen LogP contribution in [0.5, 0.6) is 5.75 Å². The molecular weight excluding hydrogens is 397 g/mol. The van der Waals surface area contributed by atoms with Crippen LogP contribution < -0.4 is 20.9 Å². The summed E-state index contributed by atoms with van der Waals surface area (Å²) in [7, 11) is 0. The Balaban J connectivity index is 1.77. The van der Waals surface area contributed by atoms with E-state index in [9.17, 15) is 9.59 Å². The van der Waals surface area contributed by atoms with E-state index in [2.05, 4.69) is 16.2 Å². The van der Waals surface area contributed by atoms with Gasteiger partial charge in [-0.25, -0.2) is 0 Å². The Morgan fingerprint density at radius 3 is 2.58 bits per heavy atom. The summed E-state index contributed by atoms with van der Waals surface area (Å²) in [6.45, 7) is 1.70. The average molecular weight is 412 g/mol. The number of carbonyl (C=O) groups excluding carboxylic acids is 2. The summed E-state index contributed by atoms with van der Waals surface area (Å²) in [5.41, 5.74) is 5.97. The second-order valence-electron chi connectivity index (χ2n) is 5.19. The number of amides is 2. The number of benzene rings is 2. The van der Waals surface area contributed by atoms with Crippen molar-refractivity contribution in [2.24, 2.45) is 0 Å². The summed E-state index contributed by atoms with van der Waals surface area (Å²) >= 11 is 16.7. The van der Waals surface area contributed by atoms with Crippen molar-refractivity contribution in [1.29, 1.82) is 0 Å². The molecule has 0 aliphatic carbocycles. The third-order valence-corrected chi connectivity index (χ3v) is 3.83. The second kappa shape index (κ2) is 9.38. The minimum atomic E-state index is -0.528. The number of aryl methyl sites for hydroxylation is 1. The third-order valence-electron chi connectivity index (χ3n) is 3.08. The predicted molar refractivity (Wildman–Crippen MR) is 104 cm³/mol. The molecule has 26 heavy (non-hydrogen) atoms. The van der Waals surface area contributed by atoms with E-state index in [4.69, 9.17) is 40.2 Å². The zero-order valence-corrected chi connectivity index (χ0v) is 16.0. The van der Waals surface area contributed by atoms with Crippen molar-refractivity contribution in [3.63, 3.8) is 0 Å². The summed E-state index contributed by atoms with van der Waals surface area (Å²) in [6.07, 6.45) is 0. The van der Waals surface area contributed by atoms with Crippen molar-refractivity contribution in [3.05, 3.63) is 63.6 Å². The fourth-order valence-corrected chi connectivity index (χ4v) is 2.56. The van der Waals surface area contributed by atoms with E-state index >= 15 is 0 Å². The van der Waals surface area contributed by atoms with Gasteiger partial charge in [-0.3, -0.25) is 25.8 Å². The van der Waals surface area contributed by atoms with E-state index in [0.717, 1.165) is 5.56 Å². The number of hydrogen-bond acceptors (Lipinski definition) is 4. The lowest BCUT2D eigenvalue weighted by Gasteiger charge is -2.12. The lowest BCUT2D eigenvalue weighted by molar-refractivity contribution is -0.121. The molecule has 0 saturated carbocycles. The number of nitrogens with one attached hydrogen (secondary N) is 3. The monoisotopic (exact) mass is 411 g/mol. The Morgan fingerprint density at radius 1 is 1.12 bits per heavy atom. The van der Waals surface area contributed by atoms with Gasteiger partial charge >= 0.3 is 0 Å². The number of thiocarbonyl (C=S) groups is 1. The highest BCUT2D eigenvalue weighted by atomic mass is 35.5. The molecule has 9 heteroatoms. The number of rotatable bonds is 4. The van der Waals surface area contributed by atoms with Gasteiger partial charge in [-0.05, 0) is 55.0 Å². The molecule has 0 unspecified atom stereocenters. The van der Waals surface area contributed by atoms with Gasteiger partial charge in [-0.15, -0.1) is 0 Å². The minimum Gasteiger partial charge on any atom is -0.484 e. The summed E-state index contributed by atoms with van der Waals surface area (Å²) in [6, 6.07) is 11.7. The topological polar surface area (TPSA) is 79.5 Å². The highest BCUT2D eigenvalue weighted by Crippen LogP contribution is 2.20. The van der Waals surface area contributed by atoms with Crippen molar-refractivity contribution < 1.29 is 14.3 Å². The van der Waals surface area contributed by atoms with Gasteiger partial charge in [0.15, 0.2) is 11.7 Å². The van der Waals surface area contributed by atoms with Crippen molar-refractivity contribution in [2.45, 2.75) is 6.92 Å². The van der Waals surface area contributed by atoms with Crippen LogP contribution in [0, 0.1) is 6.92 Å². The highest BCUT2D eigenvalue weighted by Gasteiger charge is 2.12. The second-order valence-corrected chi connectivity index (χ2v) is 6.44. The fraction of sp³-hybridized carbons (Fsp3) is 0.118. The van der Waals surface area contributed by atoms with Crippen molar-refractivity contribution in [3.8, 4) is 5.75 Å². The van der Waals surface area contributed by atoms with Gasteiger partial charge in [-0.2, -0.15) is 0 Å². The van der Waals surface area contributed by atoms with E-state index in [1.54, 1.807) is 12.1 Å². The van der Waals surface area contributed by atoms with Gasteiger partial charge in [0, 0.05) is 5.02 Å². The van der Waals surface area contributed by atoms with E-state index in [1.807, 2.05) is 19.1 Å². The van der Waals surface area contributed by atoms with Gasteiger partial charge in [0.25, 0.3) is 11.8 Å². The van der Waals surface area contributed by atoms with Crippen LogP contribution >= 0.6 is 35.4 Å². The molecule has 2 aromatic rings. The molecule has 0 bridgehead atoms. The smallest absolute Gasteiger partial charge is 0.271 e. The van der Waals surface area contributed by atoms with Crippen molar-refractivity contribution in [2.75, 3.05) is 6.61 Å². The first-order valence-electron chi connectivity index (χ1n) is 7.40. The lowest BCUT2D eigenvalue weighted by atomic mass is 10.2. The SMILES string of the molecule is Cc1cccc(OCC(=O)NC(=S)NNC(=O)c2ccc(Cl)cc2Cl)c1. The zero-order chi connectivity index (χ0) is 19.1. The van der Waals surface area contributed by atoms with Crippen LogP contribution in [0.15, 0.2) is 42.5 Å². The summed E-state index contributed by atoms with van der Waals surface area (Å²) < 4.78 is 5.35. The van der Waals surface area contributed by atoms with Crippen LogP contribution in [-0.2, 0) is 4.79 Å². The molecule has 0 saturated heterocycles. The van der Waals surface area contributed by atoms with Crippen LogP contribution in [0.1, 0.15) is 15.9 Å². The van der Waals surface area contributed by atoms with Crippen LogP contribution in [0.25, 0.3) is 0 Å². The maximum absolute atomic E-state index is 12.0. The Hall–Kier alpha value is -2.35. The number of ether oxygens (including phenoxy) is 1. The normalized spacial score (nSPS) is 9.96. The number of hydrogen-bond donors (Lipinski definition) is 3. The van der Waals surface area contributed by atoms with Gasteiger partial charge in [0.2, 0.25) is 0 Å². The first kappa shape index (κ1) is 20.0. The molecule has 3 N–H and O–H groups in total. The molecule has 136 valence electrons. The van der Waals surface area contributed by atoms with Gasteiger partial charge in [0.05, 0.1) is 10.6 Å². The Morgan fingerprint density at radius 2 is 1.88 bits per heavy atom. The number of halogens is 2. The Kier molecular flexibility index (Phi) is 7.20. The third kappa shape index (κ3) is 6.18. The van der Waals surface area contributed by atoms with Gasteiger partial charge in [-0.1, -0.05) is 35.3 Å². The molecule has 0 spiro atoms. The van der Waals surface area contributed by atoms with Gasteiger partial charge in [0.1, 0.15) is 5.75 Å². The molecule has 6 nitrogen and oxygen atoms in total. The average Bonchev–Trinajstić information content (AvgIpc) is 2.58. The first-order chi connectivity index (χ1) is 12.3. The van der Waals surface area contributed by atoms with Crippen LogP contribution in [-0.4, -0.2) is 23.5 Å². The van der Waals surface area contributed by atoms with E-state index in [0.29, 0.717) is 10.8 Å². The van der Waals surface area contributed by atoms with E-state index in [-0.39, 0.29) is 22.3 Å². The maximum atomic E-state index is 12.0. The standard InChI is InChI=1S/C17H15Cl2N3O3S/c1-10-3-2-4-12(7-10)25-9-15(23)20-17(26)22-21-16(24)13-6-5-11(18)8-14(13)19/h2-8H,9H2,1H3,(H,21,24)(H2,20,22,23,26). The largest absolute Gasteiger partial charge is 0.484 e. The molecule has 0 atom stereocenters. The zero-order valence-electron chi connectivity index (χ0n) is 13.6. The van der Waals surface area contributed by atoms with Crippen LogP contribution in [0.2, 0.25) is 10.0 Å². The quantitative estimate of drug-likeness (QED) is 0.532. The predicted octanol–water partition coefficient (Wildman–Crippen LogP) is 3.02. The molecule has 0 aromatic heterocycles. The molecule has 2 rings (SSSR count). The maximum Gasteiger partial charge on any atom is 0.271 e. The summed E-state index contributed by atoms with van der Waals surface area (Å²) in [4.78, 5) is 23.8. The van der Waals surface area contributed by atoms with Crippen LogP contribution in [0.4, 0.5) is 0 Å².